The van der Waals surface area contributed by atoms with E-state index in [1.165, 1.54) is 30.1 Å². The molecule has 2 heterocycles. The van der Waals surface area contributed by atoms with Crippen molar-refractivity contribution in [2.75, 3.05) is 27.7 Å². The Hall–Kier alpha value is -1.41. The van der Waals surface area contributed by atoms with Gasteiger partial charge in [0.1, 0.15) is 19.0 Å². The third-order valence-corrected chi connectivity index (χ3v) is 3.50. The van der Waals surface area contributed by atoms with Gasteiger partial charge >= 0.3 is 0 Å². The monoisotopic (exact) mass is 332 g/mol. The number of halogens is 1. The van der Waals surface area contributed by atoms with Gasteiger partial charge in [0.2, 0.25) is 0 Å². The van der Waals surface area contributed by atoms with Gasteiger partial charge in [-0.1, -0.05) is 11.6 Å². The van der Waals surface area contributed by atoms with Crippen LogP contribution in [0.4, 0.5) is 0 Å². The lowest BCUT2D eigenvalue weighted by atomic mass is 10.3. The van der Waals surface area contributed by atoms with Crippen molar-refractivity contribution in [3.05, 3.63) is 23.3 Å². The highest BCUT2D eigenvalue weighted by Crippen LogP contribution is 2.19. The summed E-state index contributed by atoms with van der Waals surface area (Å²) >= 11 is 5.80. The zero-order valence-electron chi connectivity index (χ0n) is 13.1. The third kappa shape index (κ3) is 4.30. The molecule has 0 aromatic rings. The fraction of sp³-hybridized carbons (Fsp3) is 0.571. The molecular formula is C14H21ClN2O5. The number of carbonyl (C=O) groups is 2. The largest absolute Gasteiger partial charge is 0.370 e. The zero-order valence-corrected chi connectivity index (χ0v) is 13.8. The summed E-state index contributed by atoms with van der Waals surface area (Å²) in [7, 11) is 3.01. The second kappa shape index (κ2) is 8.28. The van der Waals surface area contributed by atoms with Crippen molar-refractivity contribution in [2.45, 2.75) is 25.6 Å². The van der Waals surface area contributed by atoms with Crippen molar-refractivity contribution in [3.63, 3.8) is 0 Å². The normalized spacial score (nSPS) is 24.3. The van der Waals surface area contributed by atoms with Crippen LogP contribution < -0.4 is 0 Å². The van der Waals surface area contributed by atoms with Crippen molar-refractivity contribution in [2.24, 2.45) is 0 Å². The Balaban J connectivity index is 0.000000220. The van der Waals surface area contributed by atoms with E-state index in [4.69, 9.17) is 21.1 Å². The van der Waals surface area contributed by atoms with E-state index in [-0.39, 0.29) is 30.8 Å². The first kappa shape index (κ1) is 18.6. The van der Waals surface area contributed by atoms with Crippen LogP contribution in [0.15, 0.2) is 23.3 Å². The van der Waals surface area contributed by atoms with Crippen LogP contribution in [0.3, 0.4) is 0 Å². The SMILES string of the molecule is COCN1C(=O)C(C)=CC1Cl.COCN1C(=O)C(C)=CC1O. The van der Waals surface area contributed by atoms with Crippen LogP contribution in [-0.2, 0) is 19.1 Å². The standard InChI is InChI=1S/C7H10ClNO2.C7H11NO3/c1-5-3-6(8)9(4-11-2)7(5)10;1-5-3-6(9)8(4-11-2)7(5)10/h3,6H,4H2,1-2H3;3,6,9H,4H2,1-2H3. The minimum atomic E-state index is -0.817. The van der Waals surface area contributed by atoms with Crippen LogP contribution in [0, 0.1) is 0 Å². The maximum absolute atomic E-state index is 11.2. The number of hydrogen-bond donors (Lipinski definition) is 1. The van der Waals surface area contributed by atoms with Crippen LogP contribution in [0.25, 0.3) is 0 Å². The minimum absolute atomic E-state index is 0.0492. The molecule has 2 unspecified atom stereocenters. The van der Waals surface area contributed by atoms with Gasteiger partial charge < -0.3 is 14.6 Å². The number of nitrogens with zero attached hydrogens (tertiary/aromatic N) is 2. The highest BCUT2D eigenvalue weighted by Gasteiger charge is 2.28. The number of rotatable bonds is 4. The van der Waals surface area contributed by atoms with Gasteiger partial charge in [-0.25, -0.2) is 0 Å². The second-order valence-corrected chi connectivity index (χ2v) is 5.32. The summed E-state index contributed by atoms with van der Waals surface area (Å²) in [6.07, 6.45) is 2.40. The van der Waals surface area contributed by atoms with Crippen LogP contribution in [-0.4, -0.2) is 66.1 Å². The van der Waals surface area contributed by atoms with Crippen LogP contribution in [0.5, 0.6) is 0 Å². The predicted octanol–water partition coefficient (Wildman–Crippen LogP) is 0.641. The number of aliphatic hydroxyl groups excluding tert-OH is 1. The summed E-state index contributed by atoms with van der Waals surface area (Å²) in [5.41, 5.74) is 0.902. The average molecular weight is 333 g/mol. The van der Waals surface area contributed by atoms with E-state index in [2.05, 4.69) is 0 Å². The third-order valence-electron chi connectivity index (χ3n) is 3.14. The Morgan fingerprint density at radius 2 is 1.50 bits per heavy atom. The van der Waals surface area contributed by atoms with Crippen molar-refractivity contribution in [1.29, 1.82) is 0 Å². The van der Waals surface area contributed by atoms with Gasteiger partial charge in [-0.05, 0) is 26.0 Å². The van der Waals surface area contributed by atoms with Crippen molar-refractivity contribution in [3.8, 4) is 0 Å². The zero-order chi connectivity index (χ0) is 16.9. The number of aliphatic hydroxyl groups is 1. The van der Waals surface area contributed by atoms with E-state index in [0.717, 1.165) is 0 Å². The molecule has 124 valence electrons. The lowest BCUT2D eigenvalue weighted by Crippen LogP contribution is -2.35. The van der Waals surface area contributed by atoms with Crippen molar-refractivity contribution >= 4 is 23.4 Å². The Bertz CT molecular complexity index is 448. The first-order valence-electron chi connectivity index (χ1n) is 6.62. The highest BCUT2D eigenvalue weighted by molar-refractivity contribution is 6.24. The molecule has 0 bridgehead atoms. The molecule has 0 radical (unpaired) electrons. The van der Waals surface area contributed by atoms with Gasteiger partial charge in [0.15, 0.2) is 6.23 Å². The fourth-order valence-corrected chi connectivity index (χ4v) is 2.31. The predicted molar refractivity (Wildman–Crippen MR) is 80.6 cm³/mol. The topological polar surface area (TPSA) is 79.3 Å². The number of ether oxygens (including phenoxy) is 2. The van der Waals surface area contributed by atoms with E-state index >= 15 is 0 Å². The van der Waals surface area contributed by atoms with Crippen molar-refractivity contribution in [1.82, 2.24) is 9.80 Å². The van der Waals surface area contributed by atoms with Crippen molar-refractivity contribution < 1.29 is 24.2 Å². The Morgan fingerprint density at radius 3 is 1.86 bits per heavy atom. The molecular weight excluding hydrogens is 312 g/mol. The number of amides is 2. The smallest absolute Gasteiger partial charge is 0.253 e. The number of alkyl halides is 1. The van der Waals surface area contributed by atoms with E-state index in [9.17, 15) is 14.7 Å². The molecule has 2 amide bonds. The number of methoxy groups -OCH3 is 2. The summed E-state index contributed by atoms with van der Waals surface area (Å²) in [5.74, 6) is -0.216. The van der Waals surface area contributed by atoms with Gasteiger partial charge in [-0.3, -0.25) is 19.4 Å². The van der Waals surface area contributed by atoms with Crippen LogP contribution in [0.1, 0.15) is 13.8 Å². The van der Waals surface area contributed by atoms with E-state index < -0.39 is 6.23 Å². The lowest BCUT2D eigenvalue weighted by Gasteiger charge is -2.18. The highest BCUT2D eigenvalue weighted by atomic mass is 35.5. The van der Waals surface area contributed by atoms with Gasteiger partial charge in [-0.2, -0.15) is 0 Å². The molecule has 0 aromatic carbocycles. The molecule has 2 rings (SSSR count). The Labute approximate surface area is 134 Å². The molecule has 0 aliphatic carbocycles. The number of carbonyl (C=O) groups excluding carboxylic acids is 2. The molecule has 2 atom stereocenters. The second-order valence-electron chi connectivity index (χ2n) is 4.87. The maximum Gasteiger partial charge on any atom is 0.253 e. The molecule has 2 aliphatic rings. The van der Waals surface area contributed by atoms with Gasteiger partial charge in [0.25, 0.3) is 11.8 Å². The molecule has 0 spiro atoms. The fourth-order valence-electron chi connectivity index (χ4n) is 1.98. The van der Waals surface area contributed by atoms with Crippen LogP contribution in [0.2, 0.25) is 0 Å². The number of hydrogen-bond acceptors (Lipinski definition) is 5. The molecule has 1 N–H and O–H groups in total. The van der Waals surface area contributed by atoms with Crippen LogP contribution >= 0.6 is 11.6 Å². The summed E-state index contributed by atoms with van der Waals surface area (Å²) < 4.78 is 9.53. The molecule has 2 aliphatic heterocycles. The minimum Gasteiger partial charge on any atom is -0.370 e. The first-order chi connectivity index (χ1) is 10.3. The summed E-state index contributed by atoms with van der Waals surface area (Å²) in [6, 6.07) is 0. The quantitative estimate of drug-likeness (QED) is 0.604. The Morgan fingerprint density at radius 1 is 1.05 bits per heavy atom. The van der Waals surface area contributed by atoms with E-state index in [0.29, 0.717) is 11.1 Å². The summed E-state index contributed by atoms with van der Waals surface area (Å²) in [6.45, 7) is 3.79. The van der Waals surface area contributed by atoms with Gasteiger partial charge in [0.05, 0.1) is 0 Å². The molecule has 0 saturated carbocycles. The van der Waals surface area contributed by atoms with E-state index in [1.54, 1.807) is 19.9 Å². The van der Waals surface area contributed by atoms with Gasteiger partial charge in [0, 0.05) is 25.4 Å². The molecule has 8 heteroatoms. The lowest BCUT2D eigenvalue weighted by molar-refractivity contribution is -0.138. The van der Waals surface area contributed by atoms with Gasteiger partial charge in [-0.15, -0.1) is 0 Å². The maximum atomic E-state index is 11.2. The van der Waals surface area contributed by atoms with E-state index in [1.807, 2.05) is 0 Å². The molecule has 22 heavy (non-hydrogen) atoms. The Kier molecular flexibility index (Phi) is 7.02. The summed E-state index contributed by atoms with van der Waals surface area (Å²) in [4.78, 5) is 25.0. The molecule has 7 nitrogen and oxygen atoms in total. The first-order valence-corrected chi connectivity index (χ1v) is 7.06. The average Bonchev–Trinajstić information content (AvgIpc) is 2.84. The summed E-state index contributed by atoms with van der Waals surface area (Å²) in [5, 5.41) is 9.21. The molecule has 0 saturated heterocycles. The molecule has 0 fully saturated rings. The molecule has 0 aromatic heterocycles.